The average Bonchev–Trinajstić information content (AvgIpc) is 3.27. The molecule has 2 aromatic rings. The molecule has 2 N–H and O–H groups in total. The van der Waals surface area contributed by atoms with Crippen LogP contribution in [0.15, 0.2) is 60.3 Å². The highest BCUT2D eigenvalue weighted by atomic mass is 16.5. The Balaban J connectivity index is 1.29. The van der Waals surface area contributed by atoms with Crippen LogP contribution in [0.4, 0.5) is 0 Å². The number of nitrogens with one attached hydrogen (secondary N) is 1. The van der Waals surface area contributed by atoms with Gasteiger partial charge in [0, 0.05) is 48.7 Å². The summed E-state index contributed by atoms with van der Waals surface area (Å²) < 4.78 is 11.8. The van der Waals surface area contributed by atoms with Gasteiger partial charge >= 0.3 is 0 Å². The molecule has 190 valence electrons. The van der Waals surface area contributed by atoms with Crippen LogP contribution in [0.25, 0.3) is 5.70 Å². The van der Waals surface area contributed by atoms with Crippen molar-refractivity contribution in [2.75, 3.05) is 26.3 Å². The maximum atomic E-state index is 12.0. The smallest absolute Gasteiger partial charge is 0.226 e. The molecule has 2 aromatic carbocycles. The first-order chi connectivity index (χ1) is 17.6. The number of nitrogens with zero attached hydrogens (tertiary/aromatic N) is 2. The van der Waals surface area contributed by atoms with Crippen molar-refractivity contribution in [2.45, 2.75) is 52.1 Å². The highest BCUT2D eigenvalue weighted by molar-refractivity contribution is 5.81. The summed E-state index contributed by atoms with van der Waals surface area (Å²) in [5.41, 5.74) is 6.42. The van der Waals surface area contributed by atoms with Crippen LogP contribution in [0.3, 0.4) is 0 Å². The Morgan fingerprint density at radius 3 is 2.56 bits per heavy atom. The van der Waals surface area contributed by atoms with Gasteiger partial charge in [-0.25, -0.2) is 0 Å². The predicted octanol–water partition coefficient (Wildman–Crippen LogP) is 3.43. The van der Waals surface area contributed by atoms with Crippen molar-refractivity contribution < 1.29 is 19.4 Å². The van der Waals surface area contributed by atoms with E-state index in [1.807, 2.05) is 32.1 Å². The Morgan fingerprint density at radius 1 is 1.08 bits per heavy atom. The standard InChI is InChI=1S/C29H35N3O4/c1-3-24-29(26(33)16-28(34)30-24)32-18-23-22(25(32)4-2)6-5-7-27(23)36-19-21-10-8-20(9-11-21)17-31-12-14-35-15-13-31/h3-11,26,29,33H,12-19H2,1-2H3,(H,30,34). The second kappa shape index (κ2) is 10.9. The van der Waals surface area contributed by atoms with E-state index in [1.54, 1.807) is 0 Å². The third-order valence-corrected chi connectivity index (χ3v) is 7.26. The van der Waals surface area contributed by atoms with Gasteiger partial charge in [0.2, 0.25) is 5.91 Å². The van der Waals surface area contributed by atoms with E-state index in [1.165, 1.54) is 5.56 Å². The molecule has 3 heterocycles. The van der Waals surface area contributed by atoms with Gasteiger partial charge in [-0.2, -0.15) is 0 Å². The number of fused-ring (bicyclic) bond motifs is 1. The highest BCUT2D eigenvalue weighted by Crippen LogP contribution is 2.41. The van der Waals surface area contributed by atoms with Crippen molar-refractivity contribution in [1.82, 2.24) is 15.1 Å². The number of benzene rings is 2. The maximum absolute atomic E-state index is 12.0. The summed E-state index contributed by atoms with van der Waals surface area (Å²) >= 11 is 0. The van der Waals surface area contributed by atoms with E-state index < -0.39 is 6.10 Å². The zero-order valence-corrected chi connectivity index (χ0v) is 21.1. The lowest BCUT2D eigenvalue weighted by molar-refractivity contribution is -0.125. The summed E-state index contributed by atoms with van der Waals surface area (Å²) in [6, 6.07) is 14.5. The Hall–Kier alpha value is -3.13. The molecule has 3 aliphatic heterocycles. The Morgan fingerprint density at radius 2 is 1.83 bits per heavy atom. The van der Waals surface area contributed by atoms with Crippen LogP contribution in [0.2, 0.25) is 0 Å². The highest BCUT2D eigenvalue weighted by Gasteiger charge is 2.40. The number of carbonyl (C=O) groups excluding carboxylic acids is 1. The van der Waals surface area contributed by atoms with Crippen LogP contribution in [-0.2, 0) is 29.2 Å². The Kier molecular flexibility index (Phi) is 7.41. The van der Waals surface area contributed by atoms with Gasteiger partial charge < -0.3 is 24.8 Å². The van der Waals surface area contributed by atoms with E-state index >= 15 is 0 Å². The first-order valence-electron chi connectivity index (χ1n) is 12.8. The first-order valence-corrected chi connectivity index (χ1v) is 12.8. The number of rotatable bonds is 6. The molecule has 2 saturated heterocycles. The molecule has 2 unspecified atom stereocenters. The predicted molar refractivity (Wildman–Crippen MR) is 139 cm³/mol. The van der Waals surface area contributed by atoms with Crippen molar-refractivity contribution >= 4 is 11.6 Å². The molecule has 0 bridgehead atoms. The number of allylic oxidation sites excluding steroid dienone is 2. The minimum absolute atomic E-state index is 0.0940. The molecule has 1 amide bonds. The van der Waals surface area contributed by atoms with Crippen molar-refractivity contribution in [2.24, 2.45) is 0 Å². The van der Waals surface area contributed by atoms with Crippen molar-refractivity contribution in [1.29, 1.82) is 0 Å². The minimum atomic E-state index is -0.769. The lowest BCUT2D eigenvalue weighted by Gasteiger charge is -2.39. The lowest BCUT2D eigenvalue weighted by atomic mass is 9.97. The summed E-state index contributed by atoms with van der Waals surface area (Å²) in [6.07, 6.45) is 3.27. The summed E-state index contributed by atoms with van der Waals surface area (Å²) in [5, 5.41) is 13.8. The molecule has 0 aliphatic carbocycles. The molecular formula is C29H35N3O4. The molecule has 7 heteroatoms. The summed E-state index contributed by atoms with van der Waals surface area (Å²) in [7, 11) is 0. The third kappa shape index (κ3) is 5.05. The van der Waals surface area contributed by atoms with Gasteiger partial charge in [-0.05, 0) is 31.0 Å². The molecule has 0 spiro atoms. The quantitative estimate of drug-likeness (QED) is 0.648. The molecule has 0 saturated carbocycles. The summed E-state index contributed by atoms with van der Waals surface area (Å²) in [6.45, 7) is 9.52. The van der Waals surface area contributed by atoms with Gasteiger partial charge in [-0.3, -0.25) is 9.69 Å². The molecule has 5 rings (SSSR count). The Labute approximate surface area is 213 Å². The minimum Gasteiger partial charge on any atom is -0.489 e. The number of hydrogen-bond donors (Lipinski definition) is 2. The van der Waals surface area contributed by atoms with Crippen LogP contribution in [0.1, 0.15) is 42.5 Å². The number of carbonyl (C=O) groups is 1. The first kappa shape index (κ1) is 24.6. The van der Waals surface area contributed by atoms with Crippen LogP contribution in [-0.4, -0.2) is 59.3 Å². The van der Waals surface area contributed by atoms with Crippen LogP contribution >= 0.6 is 0 Å². The monoisotopic (exact) mass is 489 g/mol. The maximum Gasteiger partial charge on any atom is 0.226 e. The zero-order valence-electron chi connectivity index (χ0n) is 21.1. The largest absolute Gasteiger partial charge is 0.489 e. The van der Waals surface area contributed by atoms with E-state index in [2.05, 4.69) is 51.5 Å². The van der Waals surface area contributed by atoms with E-state index in [4.69, 9.17) is 9.47 Å². The fraction of sp³-hybridized carbons (Fsp3) is 0.414. The van der Waals surface area contributed by atoms with Crippen molar-refractivity contribution in [3.8, 4) is 5.75 Å². The van der Waals surface area contributed by atoms with Crippen LogP contribution in [0.5, 0.6) is 5.75 Å². The van der Waals surface area contributed by atoms with Gasteiger partial charge in [-0.1, -0.05) is 48.6 Å². The number of aliphatic hydroxyl groups excluding tert-OH is 1. The second-order valence-corrected chi connectivity index (χ2v) is 9.59. The fourth-order valence-corrected chi connectivity index (χ4v) is 5.42. The SMILES string of the molecule is CC=C1NC(=O)CC(O)C1N1Cc2c(OCc3ccc(CN4CCOCC4)cc3)cccc2C1=CC. The average molecular weight is 490 g/mol. The third-order valence-electron chi connectivity index (χ3n) is 7.26. The van der Waals surface area contributed by atoms with Gasteiger partial charge in [0.15, 0.2) is 0 Å². The molecule has 0 aromatic heterocycles. The molecular weight excluding hydrogens is 454 g/mol. The van der Waals surface area contributed by atoms with Crippen molar-refractivity contribution in [3.63, 3.8) is 0 Å². The normalized spacial score (nSPS) is 24.8. The number of aliphatic hydroxyl groups is 1. The number of piperidine rings is 1. The molecule has 2 atom stereocenters. The van der Waals surface area contributed by atoms with E-state index in [9.17, 15) is 9.90 Å². The number of morpholine rings is 1. The Bertz CT molecular complexity index is 1150. The molecule has 2 fully saturated rings. The topological polar surface area (TPSA) is 74.3 Å². The number of hydrogen-bond acceptors (Lipinski definition) is 6. The summed E-state index contributed by atoms with van der Waals surface area (Å²) in [5.74, 6) is 0.702. The molecule has 36 heavy (non-hydrogen) atoms. The number of ether oxygens (including phenoxy) is 2. The summed E-state index contributed by atoms with van der Waals surface area (Å²) in [4.78, 5) is 16.6. The van der Waals surface area contributed by atoms with E-state index in [0.717, 1.165) is 66.7 Å². The van der Waals surface area contributed by atoms with E-state index in [-0.39, 0.29) is 18.4 Å². The molecule has 3 aliphatic rings. The fourth-order valence-electron chi connectivity index (χ4n) is 5.42. The van der Waals surface area contributed by atoms with Crippen molar-refractivity contribution in [3.05, 3.63) is 82.6 Å². The molecule has 7 nitrogen and oxygen atoms in total. The van der Waals surface area contributed by atoms with Crippen LogP contribution < -0.4 is 10.1 Å². The van der Waals surface area contributed by atoms with Gasteiger partial charge in [0.1, 0.15) is 12.4 Å². The van der Waals surface area contributed by atoms with E-state index in [0.29, 0.717) is 13.2 Å². The second-order valence-electron chi connectivity index (χ2n) is 9.59. The lowest BCUT2D eigenvalue weighted by Crippen LogP contribution is -2.52. The molecule has 0 radical (unpaired) electrons. The van der Waals surface area contributed by atoms with Crippen LogP contribution in [0, 0.1) is 0 Å². The van der Waals surface area contributed by atoms with Gasteiger partial charge in [0.05, 0.1) is 31.8 Å². The van der Waals surface area contributed by atoms with Gasteiger partial charge in [0.25, 0.3) is 0 Å². The number of amides is 1. The van der Waals surface area contributed by atoms with Gasteiger partial charge in [-0.15, -0.1) is 0 Å². The zero-order chi connectivity index (χ0) is 25.1.